The molecular formula is C43H28N2O. The molecule has 9 rings (SSSR count). The van der Waals surface area contributed by atoms with Gasteiger partial charge in [-0.1, -0.05) is 103 Å². The van der Waals surface area contributed by atoms with Crippen LogP contribution in [0.1, 0.15) is 0 Å². The number of anilines is 3. The summed E-state index contributed by atoms with van der Waals surface area (Å²) in [6.07, 6.45) is 1.82. The minimum absolute atomic E-state index is 0.803. The molecule has 0 atom stereocenters. The van der Waals surface area contributed by atoms with Gasteiger partial charge >= 0.3 is 0 Å². The number of furan rings is 1. The Bertz CT molecular complexity index is 2530. The predicted molar refractivity (Wildman–Crippen MR) is 192 cm³/mol. The van der Waals surface area contributed by atoms with Gasteiger partial charge in [0.1, 0.15) is 11.1 Å². The number of hydrogen-bond donors (Lipinski definition) is 0. The molecule has 216 valence electrons. The summed E-state index contributed by atoms with van der Waals surface area (Å²) in [5.74, 6) is 0. The van der Waals surface area contributed by atoms with Crippen molar-refractivity contribution >= 4 is 60.7 Å². The van der Waals surface area contributed by atoms with Crippen molar-refractivity contribution in [2.24, 2.45) is 0 Å². The van der Waals surface area contributed by atoms with Gasteiger partial charge in [-0.2, -0.15) is 0 Å². The van der Waals surface area contributed by atoms with Gasteiger partial charge in [-0.25, -0.2) is 0 Å². The van der Waals surface area contributed by atoms with Crippen molar-refractivity contribution in [2.45, 2.75) is 0 Å². The molecule has 0 amide bonds. The Morgan fingerprint density at radius 3 is 2.02 bits per heavy atom. The lowest BCUT2D eigenvalue weighted by molar-refractivity contribution is 0.668. The average Bonchev–Trinajstić information content (AvgIpc) is 3.49. The molecule has 0 aliphatic carbocycles. The van der Waals surface area contributed by atoms with Crippen LogP contribution >= 0.6 is 0 Å². The van der Waals surface area contributed by atoms with E-state index in [0.29, 0.717) is 0 Å². The molecule has 0 saturated carbocycles. The van der Waals surface area contributed by atoms with Gasteiger partial charge in [-0.15, -0.1) is 0 Å². The first-order valence-corrected chi connectivity index (χ1v) is 15.5. The first-order chi connectivity index (χ1) is 22.8. The number of nitrogens with zero attached hydrogens (tertiary/aromatic N) is 2. The molecule has 46 heavy (non-hydrogen) atoms. The van der Waals surface area contributed by atoms with E-state index >= 15 is 0 Å². The van der Waals surface area contributed by atoms with Crippen LogP contribution in [0.4, 0.5) is 17.1 Å². The largest absolute Gasteiger partial charge is 0.454 e. The molecule has 0 aliphatic rings. The molecule has 3 nitrogen and oxygen atoms in total. The number of rotatable bonds is 5. The molecule has 0 aliphatic heterocycles. The van der Waals surface area contributed by atoms with E-state index in [1.165, 1.54) is 33.0 Å². The highest BCUT2D eigenvalue weighted by atomic mass is 16.3. The van der Waals surface area contributed by atoms with Crippen molar-refractivity contribution in [3.8, 4) is 22.3 Å². The molecule has 0 unspecified atom stereocenters. The fourth-order valence-electron chi connectivity index (χ4n) is 6.60. The lowest BCUT2D eigenvalue weighted by Crippen LogP contribution is -2.11. The van der Waals surface area contributed by atoms with Crippen LogP contribution in [0, 0.1) is 0 Å². The number of fused-ring (bicyclic) bond motifs is 5. The maximum atomic E-state index is 6.15. The Balaban J connectivity index is 1.24. The number of hydrogen-bond acceptors (Lipinski definition) is 3. The van der Waals surface area contributed by atoms with Crippen LogP contribution in [0.25, 0.3) is 65.9 Å². The van der Waals surface area contributed by atoms with Crippen LogP contribution in [-0.4, -0.2) is 4.98 Å². The van der Waals surface area contributed by atoms with E-state index in [4.69, 9.17) is 4.42 Å². The summed E-state index contributed by atoms with van der Waals surface area (Å²) in [6.45, 7) is 0. The van der Waals surface area contributed by atoms with Crippen LogP contribution in [0.5, 0.6) is 0 Å². The Kier molecular flexibility index (Phi) is 6.14. The zero-order valence-corrected chi connectivity index (χ0v) is 25.0. The van der Waals surface area contributed by atoms with Gasteiger partial charge in [0.15, 0.2) is 5.58 Å². The van der Waals surface area contributed by atoms with Crippen molar-refractivity contribution in [3.05, 3.63) is 170 Å². The Hall–Kier alpha value is -6.19. The summed E-state index contributed by atoms with van der Waals surface area (Å²) < 4.78 is 6.15. The number of para-hydroxylation sites is 1. The fourth-order valence-corrected chi connectivity index (χ4v) is 6.60. The van der Waals surface area contributed by atoms with E-state index in [0.717, 1.165) is 49.9 Å². The summed E-state index contributed by atoms with van der Waals surface area (Å²) in [7, 11) is 0. The second-order valence-corrected chi connectivity index (χ2v) is 11.7. The smallest absolute Gasteiger partial charge is 0.153 e. The van der Waals surface area contributed by atoms with Gasteiger partial charge < -0.3 is 9.32 Å². The molecular weight excluding hydrogens is 560 g/mol. The fraction of sp³-hybridized carbons (Fsp3) is 0. The first kappa shape index (κ1) is 26.2. The zero-order valence-electron chi connectivity index (χ0n) is 25.0. The van der Waals surface area contributed by atoms with Crippen LogP contribution < -0.4 is 4.90 Å². The zero-order chi connectivity index (χ0) is 30.5. The lowest BCUT2D eigenvalue weighted by atomic mass is 9.98. The number of benzene rings is 7. The third kappa shape index (κ3) is 4.49. The maximum Gasteiger partial charge on any atom is 0.153 e. The van der Waals surface area contributed by atoms with Gasteiger partial charge in [0.2, 0.25) is 0 Å². The maximum absolute atomic E-state index is 6.15. The highest BCUT2D eigenvalue weighted by molar-refractivity contribution is 6.09. The third-order valence-electron chi connectivity index (χ3n) is 8.86. The normalized spacial score (nSPS) is 11.5. The molecule has 0 bridgehead atoms. The molecule has 0 radical (unpaired) electrons. The minimum atomic E-state index is 0.803. The molecule has 2 aromatic heterocycles. The van der Waals surface area contributed by atoms with Crippen molar-refractivity contribution in [1.29, 1.82) is 0 Å². The second kappa shape index (κ2) is 10.8. The number of aromatic nitrogens is 1. The Labute approximate surface area is 266 Å². The molecule has 0 N–H and O–H groups in total. The van der Waals surface area contributed by atoms with Gasteiger partial charge in [0, 0.05) is 28.5 Å². The summed E-state index contributed by atoms with van der Waals surface area (Å²) in [5, 5.41) is 5.74. The summed E-state index contributed by atoms with van der Waals surface area (Å²) in [5.41, 5.74) is 10.6. The first-order valence-electron chi connectivity index (χ1n) is 15.5. The van der Waals surface area contributed by atoms with Crippen molar-refractivity contribution < 1.29 is 4.42 Å². The van der Waals surface area contributed by atoms with Gasteiger partial charge in [0.05, 0.1) is 5.69 Å². The minimum Gasteiger partial charge on any atom is -0.454 e. The SMILES string of the molecule is c1ccc(-c2ccc(N(c3ccc4cc5oc6cccnc6c5cc4c3)c3ccccc3-c3ccc4ccccc4c3)cc2)cc1. The topological polar surface area (TPSA) is 29.3 Å². The van der Waals surface area contributed by atoms with E-state index < -0.39 is 0 Å². The van der Waals surface area contributed by atoms with Crippen molar-refractivity contribution in [3.63, 3.8) is 0 Å². The van der Waals surface area contributed by atoms with Gasteiger partial charge in [0.25, 0.3) is 0 Å². The Morgan fingerprint density at radius 2 is 1.13 bits per heavy atom. The number of pyridine rings is 1. The standard InChI is InChI=1S/C43H28N2O/c1-2-9-29(10-3-1)31-18-21-36(22-19-31)45(40-14-7-6-13-38(40)34-17-16-30-11-4-5-12-32(30)25-34)37-23-20-33-28-42-39(27-35(33)26-37)43-41(46-42)15-8-24-44-43/h1-28H. The molecule has 7 aromatic carbocycles. The van der Waals surface area contributed by atoms with Crippen LogP contribution in [0.15, 0.2) is 174 Å². The van der Waals surface area contributed by atoms with Crippen molar-refractivity contribution in [2.75, 3.05) is 4.90 Å². The van der Waals surface area contributed by atoms with Crippen molar-refractivity contribution in [1.82, 2.24) is 4.98 Å². The van der Waals surface area contributed by atoms with E-state index in [1.54, 1.807) is 0 Å². The molecule has 0 spiro atoms. The second-order valence-electron chi connectivity index (χ2n) is 11.7. The highest BCUT2D eigenvalue weighted by Gasteiger charge is 2.19. The summed E-state index contributed by atoms with van der Waals surface area (Å²) >= 11 is 0. The predicted octanol–water partition coefficient (Wildman–Crippen LogP) is 12.1. The lowest BCUT2D eigenvalue weighted by Gasteiger charge is -2.28. The molecule has 3 heteroatoms. The van der Waals surface area contributed by atoms with Crippen LogP contribution in [0.2, 0.25) is 0 Å². The highest BCUT2D eigenvalue weighted by Crippen LogP contribution is 2.43. The quantitative estimate of drug-likeness (QED) is 0.200. The van der Waals surface area contributed by atoms with Crippen LogP contribution in [-0.2, 0) is 0 Å². The monoisotopic (exact) mass is 588 g/mol. The Morgan fingerprint density at radius 1 is 0.435 bits per heavy atom. The van der Waals surface area contributed by atoms with E-state index in [9.17, 15) is 0 Å². The summed E-state index contributed by atoms with van der Waals surface area (Å²) in [4.78, 5) is 6.99. The van der Waals surface area contributed by atoms with E-state index in [-0.39, 0.29) is 0 Å². The molecule has 0 fully saturated rings. The molecule has 0 saturated heterocycles. The van der Waals surface area contributed by atoms with E-state index in [2.05, 4.69) is 162 Å². The summed E-state index contributed by atoms with van der Waals surface area (Å²) in [6, 6.07) is 58.2. The van der Waals surface area contributed by atoms with E-state index in [1.807, 2.05) is 18.3 Å². The van der Waals surface area contributed by atoms with Gasteiger partial charge in [-0.3, -0.25) is 4.98 Å². The molecule has 9 aromatic rings. The van der Waals surface area contributed by atoms with Crippen LogP contribution in [0.3, 0.4) is 0 Å². The average molecular weight is 589 g/mol. The van der Waals surface area contributed by atoms with Gasteiger partial charge in [-0.05, 0) is 98.9 Å². The third-order valence-corrected chi connectivity index (χ3v) is 8.86. The molecule has 2 heterocycles.